The van der Waals surface area contributed by atoms with Crippen LogP contribution < -0.4 is 0 Å². The summed E-state index contributed by atoms with van der Waals surface area (Å²) in [4.78, 5) is 23.9. The summed E-state index contributed by atoms with van der Waals surface area (Å²) in [7, 11) is 0. The molecule has 0 aromatic carbocycles. The van der Waals surface area contributed by atoms with Gasteiger partial charge in [-0.25, -0.2) is 4.98 Å². The van der Waals surface area contributed by atoms with Crippen LogP contribution in [0.1, 0.15) is 44.7 Å². The highest BCUT2D eigenvalue weighted by molar-refractivity contribution is 7.14. The molecule has 6 heteroatoms. The summed E-state index contributed by atoms with van der Waals surface area (Å²) in [6, 6.07) is 2.34. The molecule has 0 saturated carbocycles. The van der Waals surface area contributed by atoms with Crippen LogP contribution in [0.15, 0.2) is 18.6 Å². The van der Waals surface area contributed by atoms with Gasteiger partial charge in [-0.2, -0.15) is 0 Å². The van der Waals surface area contributed by atoms with E-state index in [1.807, 2.05) is 23.5 Å². The summed E-state index contributed by atoms with van der Waals surface area (Å²) in [6.45, 7) is 8.95. The number of imidazole rings is 1. The van der Waals surface area contributed by atoms with Gasteiger partial charge in [-0.1, -0.05) is 0 Å². The zero-order valence-electron chi connectivity index (χ0n) is 14.4. The molecule has 128 valence electrons. The number of fused-ring (bicyclic) bond motifs is 1. The Bertz CT molecular complexity index is 725. The lowest BCUT2D eigenvalue weighted by atomic mass is 10.1. The van der Waals surface area contributed by atoms with Crippen molar-refractivity contribution < 1.29 is 4.79 Å². The van der Waals surface area contributed by atoms with E-state index in [0.29, 0.717) is 12.6 Å². The van der Waals surface area contributed by atoms with Crippen molar-refractivity contribution in [1.82, 2.24) is 19.4 Å². The molecule has 0 aliphatic carbocycles. The lowest BCUT2D eigenvalue weighted by Gasteiger charge is -2.36. The zero-order chi connectivity index (χ0) is 16.7. The van der Waals surface area contributed by atoms with Crippen molar-refractivity contribution in [1.29, 1.82) is 0 Å². The van der Waals surface area contributed by atoms with Crippen LogP contribution in [0, 0.1) is 13.8 Å². The summed E-state index contributed by atoms with van der Waals surface area (Å²) in [5, 5.41) is 0. The van der Waals surface area contributed by atoms with Gasteiger partial charge >= 0.3 is 0 Å². The third-order valence-electron chi connectivity index (χ3n) is 5.26. The lowest BCUT2D eigenvalue weighted by Crippen LogP contribution is -2.44. The maximum atomic E-state index is 13.0. The fourth-order valence-electron chi connectivity index (χ4n) is 3.78. The molecule has 1 atom stereocenters. The Morgan fingerprint density at radius 3 is 2.83 bits per heavy atom. The van der Waals surface area contributed by atoms with Gasteiger partial charge in [-0.15, -0.1) is 11.3 Å². The second kappa shape index (κ2) is 6.33. The van der Waals surface area contributed by atoms with Crippen molar-refractivity contribution in [3.63, 3.8) is 0 Å². The molecule has 0 radical (unpaired) electrons. The fraction of sp³-hybridized carbons (Fsp3) is 0.556. The predicted octanol–water partition coefficient (Wildman–Crippen LogP) is 2.85. The van der Waals surface area contributed by atoms with E-state index < -0.39 is 0 Å². The molecule has 1 saturated heterocycles. The minimum absolute atomic E-state index is 0.162. The molecule has 2 aliphatic heterocycles. The van der Waals surface area contributed by atoms with Crippen molar-refractivity contribution in [3.05, 3.63) is 39.6 Å². The number of carbonyl (C=O) groups is 1. The van der Waals surface area contributed by atoms with Crippen LogP contribution in [0.2, 0.25) is 0 Å². The van der Waals surface area contributed by atoms with E-state index >= 15 is 0 Å². The first-order valence-corrected chi connectivity index (χ1v) is 9.53. The number of hydrogen-bond donors (Lipinski definition) is 0. The lowest BCUT2D eigenvalue weighted by molar-refractivity contribution is 0.0663. The maximum absolute atomic E-state index is 13.0. The average Bonchev–Trinajstić information content (AvgIpc) is 3.29. The second-order valence-corrected chi connectivity index (χ2v) is 8.25. The predicted molar refractivity (Wildman–Crippen MR) is 95.5 cm³/mol. The quantitative estimate of drug-likeness (QED) is 0.860. The zero-order valence-corrected chi connectivity index (χ0v) is 15.2. The number of likely N-dealkylation sites (tertiary alicyclic amines) is 1. The fourth-order valence-corrected chi connectivity index (χ4v) is 4.79. The Labute approximate surface area is 146 Å². The SMILES string of the molecule is Cc1cc(C(=O)N2Cc3cncn3C(CN3CCCC3)C2)sc1C. The van der Waals surface area contributed by atoms with Gasteiger partial charge in [-0.3, -0.25) is 4.79 Å². The van der Waals surface area contributed by atoms with Gasteiger partial charge in [0.15, 0.2) is 0 Å². The maximum Gasteiger partial charge on any atom is 0.264 e. The number of aromatic nitrogens is 2. The molecule has 1 unspecified atom stereocenters. The van der Waals surface area contributed by atoms with Crippen molar-refractivity contribution >= 4 is 17.2 Å². The first-order valence-electron chi connectivity index (χ1n) is 8.71. The van der Waals surface area contributed by atoms with Crippen molar-refractivity contribution in [2.45, 2.75) is 39.3 Å². The molecule has 2 aromatic rings. The van der Waals surface area contributed by atoms with E-state index in [4.69, 9.17) is 0 Å². The number of aryl methyl sites for hydroxylation is 2. The number of rotatable bonds is 3. The van der Waals surface area contributed by atoms with Crippen molar-refractivity contribution in [3.8, 4) is 0 Å². The Morgan fingerprint density at radius 2 is 2.12 bits per heavy atom. The van der Waals surface area contributed by atoms with Gasteiger partial charge in [0.1, 0.15) is 0 Å². The Kier molecular flexibility index (Phi) is 4.18. The van der Waals surface area contributed by atoms with E-state index in [2.05, 4.69) is 28.3 Å². The minimum Gasteiger partial charge on any atom is -0.330 e. The van der Waals surface area contributed by atoms with Gasteiger partial charge in [0, 0.05) is 24.2 Å². The van der Waals surface area contributed by atoms with Crippen molar-refractivity contribution in [2.75, 3.05) is 26.2 Å². The molecule has 4 heterocycles. The van der Waals surface area contributed by atoms with E-state index in [9.17, 15) is 4.79 Å². The van der Waals surface area contributed by atoms with Crippen LogP contribution in [-0.4, -0.2) is 51.4 Å². The van der Waals surface area contributed by atoms with Crippen LogP contribution in [0.4, 0.5) is 0 Å². The summed E-state index contributed by atoms with van der Waals surface area (Å²) >= 11 is 1.61. The number of amides is 1. The van der Waals surface area contributed by atoms with Gasteiger partial charge in [0.2, 0.25) is 0 Å². The third kappa shape index (κ3) is 2.89. The molecule has 4 rings (SSSR count). The van der Waals surface area contributed by atoms with Crippen molar-refractivity contribution in [2.24, 2.45) is 0 Å². The number of nitrogens with zero attached hydrogens (tertiary/aromatic N) is 4. The van der Waals surface area contributed by atoms with Crippen LogP contribution in [0.3, 0.4) is 0 Å². The van der Waals surface area contributed by atoms with Crippen LogP contribution in [0.5, 0.6) is 0 Å². The largest absolute Gasteiger partial charge is 0.330 e. The molecule has 2 aliphatic rings. The summed E-state index contributed by atoms with van der Waals surface area (Å²) < 4.78 is 2.27. The van der Waals surface area contributed by atoms with Gasteiger partial charge in [0.25, 0.3) is 5.91 Å². The van der Waals surface area contributed by atoms with E-state index in [0.717, 1.165) is 23.7 Å². The van der Waals surface area contributed by atoms with E-state index in [1.54, 1.807) is 11.3 Å². The average molecular weight is 344 g/mol. The third-order valence-corrected chi connectivity index (χ3v) is 6.40. The summed E-state index contributed by atoms with van der Waals surface area (Å²) in [5.41, 5.74) is 2.35. The molecule has 1 amide bonds. The first kappa shape index (κ1) is 15.8. The highest BCUT2D eigenvalue weighted by Crippen LogP contribution is 2.27. The number of hydrogen-bond acceptors (Lipinski definition) is 4. The van der Waals surface area contributed by atoms with Crippen LogP contribution in [-0.2, 0) is 6.54 Å². The molecule has 0 spiro atoms. The normalized spacial score (nSPS) is 21.2. The highest BCUT2D eigenvalue weighted by Gasteiger charge is 2.30. The monoisotopic (exact) mass is 344 g/mol. The van der Waals surface area contributed by atoms with E-state index in [-0.39, 0.29) is 5.91 Å². The smallest absolute Gasteiger partial charge is 0.264 e. The number of thiophene rings is 1. The summed E-state index contributed by atoms with van der Waals surface area (Å²) in [5.74, 6) is 0.162. The van der Waals surface area contributed by atoms with E-state index in [1.165, 1.54) is 36.4 Å². The van der Waals surface area contributed by atoms with Crippen LogP contribution in [0.25, 0.3) is 0 Å². The standard InChI is InChI=1S/C18H24N4OS/c1-13-7-17(24-14(13)2)18(23)21-10-15-8-19-12-22(15)16(11-21)9-20-5-3-4-6-20/h7-8,12,16H,3-6,9-11H2,1-2H3. The van der Waals surface area contributed by atoms with Gasteiger partial charge in [-0.05, 0) is 51.4 Å². The molecular weight excluding hydrogens is 320 g/mol. The molecule has 5 nitrogen and oxygen atoms in total. The molecule has 24 heavy (non-hydrogen) atoms. The van der Waals surface area contributed by atoms with Crippen LogP contribution >= 0.6 is 11.3 Å². The Hall–Kier alpha value is -1.66. The molecule has 0 N–H and O–H groups in total. The minimum atomic E-state index is 0.162. The molecule has 2 aromatic heterocycles. The topological polar surface area (TPSA) is 41.4 Å². The molecular formula is C18H24N4OS. The van der Waals surface area contributed by atoms with Gasteiger partial charge in [0.05, 0.1) is 29.5 Å². The number of carbonyl (C=O) groups excluding carboxylic acids is 1. The Morgan fingerprint density at radius 1 is 1.33 bits per heavy atom. The molecule has 1 fully saturated rings. The summed E-state index contributed by atoms with van der Waals surface area (Å²) in [6.07, 6.45) is 6.42. The second-order valence-electron chi connectivity index (χ2n) is 6.99. The first-order chi connectivity index (χ1) is 11.6. The highest BCUT2D eigenvalue weighted by atomic mass is 32.1. The van der Waals surface area contributed by atoms with Gasteiger partial charge < -0.3 is 14.4 Å². The molecule has 0 bridgehead atoms. The Balaban J connectivity index is 1.55.